The topological polar surface area (TPSA) is 55.1 Å². The number of nitrogens with two attached hydrogens (primary N) is 1. The molecule has 3 N–H and O–H groups in total. The second-order valence-electron chi connectivity index (χ2n) is 3.40. The number of nitrogens with one attached hydrogen (secondary N) is 1. The van der Waals surface area contributed by atoms with Crippen LogP contribution in [0, 0.1) is 5.82 Å². The molecule has 1 aromatic carbocycles. The molecule has 0 bridgehead atoms. The number of hydrogen-bond donors (Lipinski definition) is 2. The van der Waals surface area contributed by atoms with Crippen LogP contribution >= 0.6 is 0 Å². The fourth-order valence-corrected chi connectivity index (χ4v) is 1.62. The van der Waals surface area contributed by atoms with Crippen LogP contribution in [0.15, 0.2) is 18.2 Å². The molecule has 0 spiro atoms. The Labute approximate surface area is 86.8 Å². The molecule has 0 saturated heterocycles. The highest BCUT2D eigenvalue weighted by atomic mass is 19.1. The van der Waals surface area contributed by atoms with Crippen molar-refractivity contribution in [2.75, 3.05) is 11.9 Å². The van der Waals surface area contributed by atoms with E-state index in [1.54, 1.807) is 18.2 Å². The van der Waals surface area contributed by atoms with Crippen LogP contribution in [0.25, 0.3) is 6.08 Å². The summed E-state index contributed by atoms with van der Waals surface area (Å²) in [4.78, 5) is 11.1. The predicted octanol–water partition coefficient (Wildman–Crippen LogP) is 1.29. The van der Waals surface area contributed by atoms with Gasteiger partial charge in [0.2, 0.25) is 5.91 Å². The number of fused-ring (bicyclic) bond motifs is 1. The summed E-state index contributed by atoms with van der Waals surface area (Å²) in [6.07, 6.45) is 3.73. The predicted molar refractivity (Wildman–Crippen MR) is 56.8 cm³/mol. The van der Waals surface area contributed by atoms with Crippen LogP contribution in [-0.2, 0) is 11.2 Å². The molecule has 1 aliphatic heterocycles. The van der Waals surface area contributed by atoms with Gasteiger partial charge in [0.25, 0.3) is 0 Å². The van der Waals surface area contributed by atoms with E-state index in [-0.39, 0.29) is 12.3 Å². The van der Waals surface area contributed by atoms with Crippen molar-refractivity contribution in [1.82, 2.24) is 0 Å². The van der Waals surface area contributed by atoms with Gasteiger partial charge in [0, 0.05) is 6.54 Å². The van der Waals surface area contributed by atoms with Crippen molar-refractivity contribution < 1.29 is 9.18 Å². The van der Waals surface area contributed by atoms with E-state index in [1.807, 2.05) is 0 Å². The minimum Gasteiger partial charge on any atom is -0.327 e. The molecule has 0 saturated carbocycles. The summed E-state index contributed by atoms with van der Waals surface area (Å²) >= 11 is 0. The van der Waals surface area contributed by atoms with Gasteiger partial charge in [0.05, 0.1) is 12.1 Å². The molecule has 0 atom stereocenters. The molecule has 3 nitrogen and oxygen atoms in total. The first-order chi connectivity index (χ1) is 7.20. The molecule has 1 aliphatic rings. The molecule has 0 aromatic heterocycles. The lowest BCUT2D eigenvalue weighted by molar-refractivity contribution is -0.115. The lowest BCUT2D eigenvalue weighted by atomic mass is 10.1. The van der Waals surface area contributed by atoms with E-state index in [0.29, 0.717) is 17.8 Å². The Hall–Kier alpha value is -1.68. The van der Waals surface area contributed by atoms with Gasteiger partial charge >= 0.3 is 0 Å². The van der Waals surface area contributed by atoms with Gasteiger partial charge in [-0.1, -0.05) is 12.2 Å². The van der Waals surface area contributed by atoms with E-state index in [1.165, 1.54) is 6.07 Å². The van der Waals surface area contributed by atoms with Crippen LogP contribution in [0.1, 0.15) is 11.1 Å². The summed E-state index contributed by atoms with van der Waals surface area (Å²) in [5.41, 5.74) is 7.05. The summed E-state index contributed by atoms with van der Waals surface area (Å²) < 4.78 is 13.5. The molecule has 0 unspecified atom stereocenters. The van der Waals surface area contributed by atoms with E-state index < -0.39 is 5.82 Å². The largest absolute Gasteiger partial charge is 0.327 e. The highest BCUT2D eigenvalue weighted by Crippen LogP contribution is 2.27. The van der Waals surface area contributed by atoms with Crippen LogP contribution in [0.5, 0.6) is 0 Å². The number of carbonyl (C=O) groups excluding carboxylic acids is 1. The van der Waals surface area contributed by atoms with Crippen molar-refractivity contribution in [3.63, 3.8) is 0 Å². The maximum Gasteiger partial charge on any atom is 0.228 e. The Morgan fingerprint density at radius 1 is 1.53 bits per heavy atom. The Morgan fingerprint density at radius 3 is 3.07 bits per heavy atom. The van der Waals surface area contributed by atoms with Gasteiger partial charge < -0.3 is 11.1 Å². The SMILES string of the molecule is NC/C=C/c1cc(F)c2c(c1)CC(=O)N2. The van der Waals surface area contributed by atoms with Gasteiger partial charge in [0.15, 0.2) is 0 Å². The maximum absolute atomic E-state index is 13.5. The Kier molecular flexibility index (Phi) is 2.51. The monoisotopic (exact) mass is 206 g/mol. The van der Waals surface area contributed by atoms with Gasteiger partial charge in [-0.15, -0.1) is 0 Å². The molecule has 1 amide bonds. The van der Waals surface area contributed by atoms with Crippen molar-refractivity contribution in [1.29, 1.82) is 0 Å². The number of carbonyl (C=O) groups is 1. The maximum atomic E-state index is 13.5. The highest BCUT2D eigenvalue weighted by molar-refractivity contribution is 5.99. The lowest BCUT2D eigenvalue weighted by Gasteiger charge is -2.02. The van der Waals surface area contributed by atoms with E-state index in [0.717, 1.165) is 5.56 Å². The molecule has 0 fully saturated rings. The molecular weight excluding hydrogens is 195 g/mol. The third-order valence-electron chi connectivity index (χ3n) is 2.26. The smallest absolute Gasteiger partial charge is 0.228 e. The summed E-state index contributed by atoms with van der Waals surface area (Å²) in [6, 6.07) is 3.18. The Bertz CT molecular complexity index is 440. The van der Waals surface area contributed by atoms with Gasteiger partial charge in [-0.3, -0.25) is 4.79 Å². The van der Waals surface area contributed by atoms with Gasteiger partial charge in [-0.2, -0.15) is 0 Å². The second kappa shape index (κ2) is 3.82. The molecule has 4 heteroatoms. The zero-order chi connectivity index (χ0) is 10.8. The highest BCUT2D eigenvalue weighted by Gasteiger charge is 2.21. The molecule has 1 heterocycles. The molecule has 2 rings (SSSR count). The summed E-state index contributed by atoms with van der Waals surface area (Å²) in [7, 11) is 0. The van der Waals surface area contributed by atoms with Crippen molar-refractivity contribution in [2.45, 2.75) is 6.42 Å². The molecule has 0 radical (unpaired) electrons. The fraction of sp³-hybridized carbons (Fsp3) is 0.182. The van der Waals surface area contributed by atoms with E-state index >= 15 is 0 Å². The van der Waals surface area contributed by atoms with Crippen molar-refractivity contribution >= 4 is 17.7 Å². The number of halogens is 1. The summed E-state index contributed by atoms with van der Waals surface area (Å²) in [6.45, 7) is 0.413. The molecule has 1 aromatic rings. The number of amides is 1. The minimum absolute atomic E-state index is 0.163. The lowest BCUT2D eigenvalue weighted by Crippen LogP contribution is -2.04. The second-order valence-corrected chi connectivity index (χ2v) is 3.40. The first-order valence-corrected chi connectivity index (χ1v) is 4.69. The van der Waals surface area contributed by atoms with Gasteiger partial charge in [-0.05, 0) is 23.3 Å². The van der Waals surface area contributed by atoms with Crippen LogP contribution < -0.4 is 11.1 Å². The van der Waals surface area contributed by atoms with Crippen molar-refractivity contribution in [3.05, 3.63) is 35.2 Å². The van der Waals surface area contributed by atoms with Crippen LogP contribution in [0.3, 0.4) is 0 Å². The standard InChI is InChI=1S/C11H11FN2O/c12-9-5-7(2-1-3-13)4-8-6-10(15)14-11(8)9/h1-2,4-5H,3,6,13H2,(H,14,15)/b2-1+. The number of rotatable bonds is 2. The number of benzene rings is 1. The Balaban J connectivity index is 2.39. The first-order valence-electron chi connectivity index (χ1n) is 4.69. The van der Waals surface area contributed by atoms with E-state index in [2.05, 4.69) is 5.32 Å². The van der Waals surface area contributed by atoms with Crippen LogP contribution in [-0.4, -0.2) is 12.5 Å². The third-order valence-corrected chi connectivity index (χ3v) is 2.26. The van der Waals surface area contributed by atoms with Crippen molar-refractivity contribution in [3.8, 4) is 0 Å². The molecular formula is C11H11FN2O. The van der Waals surface area contributed by atoms with Crippen LogP contribution in [0.4, 0.5) is 10.1 Å². The van der Waals surface area contributed by atoms with E-state index in [9.17, 15) is 9.18 Å². The molecule has 15 heavy (non-hydrogen) atoms. The minimum atomic E-state index is -0.393. The molecule has 78 valence electrons. The normalized spacial score (nSPS) is 14.4. The van der Waals surface area contributed by atoms with E-state index in [4.69, 9.17) is 5.73 Å². The fourth-order valence-electron chi connectivity index (χ4n) is 1.62. The quantitative estimate of drug-likeness (QED) is 0.766. The summed E-state index contributed by atoms with van der Waals surface area (Å²) in [5.74, 6) is -0.557. The number of hydrogen-bond acceptors (Lipinski definition) is 2. The average Bonchev–Trinajstić information content (AvgIpc) is 2.56. The zero-order valence-electron chi connectivity index (χ0n) is 8.09. The third kappa shape index (κ3) is 1.89. The van der Waals surface area contributed by atoms with Gasteiger partial charge in [0.1, 0.15) is 5.82 Å². The molecule has 0 aliphatic carbocycles. The number of anilines is 1. The van der Waals surface area contributed by atoms with Gasteiger partial charge in [-0.25, -0.2) is 4.39 Å². The summed E-state index contributed by atoms with van der Waals surface area (Å²) in [5, 5.41) is 2.49. The average molecular weight is 206 g/mol. The first kappa shape index (κ1) is 9.86. The van der Waals surface area contributed by atoms with Crippen LogP contribution in [0.2, 0.25) is 0 Å². The zero-order valence-corrected chi connectivity index (χ0v) is 8.09. The Morgan fingerprint density at radius 2 is 2.33 bits per heavy atom. The van der Waals surface area contributed by atoms with Crippen molar-refractivity contribution in [2.24, 2.45) is 5.73 Å².